The summed E-state index contributed by atoms with van der Waals surface area (Å²) in [5.41, 5.74) is 7.18. The number of halogens is 1. The summed E-state index contributed by atoms with van der Waals surface area (Å²) in [4.78, 5) is 9.94. The molecular formula is C4H4ClN3S2. The normalized spacial score (nSPS) is 9.60. The largest absolute Gasteiger partial charge is 0.375 e. The van der Waals surface area contributed by atoms with Crippen LogP contribution in [0.4, 0.5) is 5.13 Å². The first kappa shape index (κ1) is 7.71. The van der Waals surface area contributed by atoms with E-state index in [2.05, 4.69) is 9.97 Å². The fraction of sp³-hybridized carbons (Fsp3) is 0. The highest BCUT2D eigenvalue weighted by Crippen LogP contribution is 2.24. The van der Waals surface area contributed by atoms with Crippen LogP contribution in [0.2, 0.25) is 0 Å². The summed E-state index contributed by atoms with van der Waals surface area (Å²) in [5, 5.41) is 0.601. The predicted molar refractivity (Wildman–Crippen MR) is 47.0 cm³/mol. The summed E-state index contributed by atoms with van der Waals surface area (Å²) >= 11 is 2.94. The van der Waals surface area contributed by atoms with Crippen molar-refractivity contribution in [3.63, 3.8) is 0 Å². The van der Waals surface area contributed by atoms with Gasteiger partial charge in [-0.25, -0.2) is 9.97 Å². The van der Waals surface area contributed by atoms with E-state index in [9.17, 15) is 0 Å². The minimum atomic E-state index is 0. The Morgan fingerprint density at radius 1 is 1.40 bits per heavy atom. The van der Waals surface area contributed by atoms with Gasteiger partial charge in [0.15, 0.2) is 14.8 Å². The van der Waals surface area contributed by atoms with Crippen LogP contribution >= 0.6 is 35.1 Å². The molecule has 54 valence electrons. The van der Waals surface area contributed by atoms with Crippen molar-refractivity contribution < 1.29 is 0 Å². The maximum Gasteiger partial charge on any atom is 0.183 e. The molecule has 0 fully saturated rings. The molecule has 0 amide bonds. The first-order chi connectivity index (χ1) is 4.36. The number of aromatic nitrogens is 2. The van der Waals surface area contributed by atoms with Crippen molar-refractivity contribution in [2.75, 3.05) is 5.73 Å². The van der Waals surface area contributed by atoms with Crippen LogP contribution in [0.3, 0.4) is 0 Å². The molecule has 2 N–H and O–H groups in total. The summed E-state index contributed by atoms with van der Waals surface area (Å²) in [7, 11) is 0. The number of nitrogens with two attached hydrogens (primary N) is 1. The smallest absolute Gasteiger partial charge is 0.183 e. The summed E-state index contributed by atoms with van der Waals surface area (Å²) in [6.07, 6.45) is 0. The van der Waals surface area contributed by atoms with E-state index < -0.39 is 0 Å². The number of fused-ring (bicyclic) bond motifs is 1. The molecular weight excluding hydrogens is 190 g/mol. The molecule has 0 unspecified atom stereocenters. The predicted octanol–water partition coefficient (Wildman–Crippen LogP) is 1.76. The summed E-state index contributed by atoms with van der Waals surface area (Å²) < 4.78 is 0. The van der Waals surface area contributed by atoms with Gasteiger partial charge in [0.05, 0.1) is 5.51 Å². The van der Waals surface area contributed by atoms with Crippen LogP contribution in [0, 0.1) is 0 Å². The lowest BCUT2D eigenvalue weighted by Gasteiger charge is -1.70. The fourth-order valence-corrected chi connectivity index (χ4v) is 2.13. The van der Waals surface area contributed by atoms with E-state index in [1.54, 1.807) is 5.51 Å². The standard InChI is InChI=1S/C4H3N3S2.ClH/c5-4-7-3-2(9-4)6-1-8-3;/h1H,(H2,5,7);1H. The Hall–Kier alpha value is -0.390. The average molecular weight is 194 g/mol. The maximum atomic E-state index is 5.41. The number of rotatable bonds is 0. The van der Waals surface area contributed by atoms with Gasteiger partial charge in [-0.3, -0.25) is 0 Å². The van der Waals surface area contributed by atoms with Gasteiger partial charge in [-0.2, -0.15) is 0 Å². The summed E-state index contributed by atoms with van der Waals surface area (Å²) in [5.74, 6) is 0. The molecule has 0 saturated heterocycles. The minimum absolute atomic E-state index is 0. The third-order valence-corrected chi connectivity index (χ3v) is 2.57. The van der Waals surface area contributed by atoms with Crippen molar-refractivity contribution in [2.24, 2.45) is 0 Å². The molecule has 2 rings (SSSR count). The Labute approximate surface area is 71.3 Å². The minimum Gasteiger partial charge on any atom is -0.375 e. The second kappa shape index (κ2) is 2.69. The van der Waals surface area contributed by atoms with Gasteiger partial charge in [0, 0.05) is 0 Å². The Kier molecular flexibility index (Phi) is 2.08. The molecule has 0 spiro atoms. The second-order valence-electron chi connectivity index (χ2n) is 1.51. The van der Waals surface area contributed by atoms with Gasteiger partial charge in [0.1, 0.15) is 0 Å². The lowest BCUT2D eigenvalue weighted by molar-refractivity contribution is 1.51. The van der Waals surface area contributed by atoms with Crippen LogP contribution in [0.25, 0.3) is 9.66 Å². The van der Waals surface area contributed by atoms with Crippen molar-refractivity contribution in [3.8, 4) is 0 Å². The van der Waals surface area contributed by atoms with Crippen molar-refractivity contribution in [3.05, 3.63) is 5.51 Å². The highest BCUT2D eigenvalue weighted by atomic mass is 35.5. The highest BCUT2D eigenvalue weighted by molar-refractivity contribution is 7.27. The number of thiazole rings is 2. The summed E-state index contributed by atoms with van der Waals surface area (Å²) in [6, 6.07) is 0. The van der Waals surface area contributed by atoms with E-state index >= 15 is 0 Å². The molecule has 2 aromatic heterocycles. The molecule has 10 heavy (non-hydrogen) atoms. The number of nitrogen functional groups attached to an aromatic ring is 1. The molecule has 0 radical (unpaired) electrons. The molecule has 0 aromatic carbocycles. The molecule has 0 aliphatic heterocycles. The second-order valence-corrected chi connectivity index (χ2v) is 3.36. The van der Waals surface area contributed by atoms with Crippen LogP contribution < -0.4 is 5.73 Å². The molecule has 2 aromatic rings. The van der Waals surface area contributed by atoms with Crippen molar-refractivity contribution >= 4 is 49.9 Å². The Morgan fingerprint density at radius 2 is 2.20 bits per heavy atom. The first-order valence-corrected chi connectivity index (χ1v) is 4.01. The Morgan fingerprint density at radius 3 is 2.90 bits per heavy atom. The van der Waals surface area contributed by atoms with Gasteiger partial charge in [-0.05, 0) is 0 Å². The van der Waals surface area contributed by atoms with Gasteiger partial charge in [-0.1, -0.05) is 11.3 Å². The van der Waals surface area contributed by atoms with E-state index in [0.717, 1.165) is 9.66 Å². The van der Waals surface area contributed by atoms with E-state index in [0.29, 0.717) is 5.13 Å². The lowest BCUT2D eigenvalue weighted by Crippen LogP contribution is -1.78. The zero-order valence-corrected chi connectivity index (χ0v) is 7.22. The van der Waals surface area contributed by atoms with Gasteiger partial charge < -0.3 is 5.73 Å². The Bertz CT molecular complexity index is 299. The zero-order chi connectivity index (χ0) is 6.27. The van der Waals surface area contributed by atoms with Crippen molar-refractivity contribution in [1.82, 2.24) is 9.97 Å². The summed E-state index contributed by atoms with van der Waals surface area (Å²) in [6.45, 7) is 0. The number of anilines is 1. The number of nitrogens with zero attached hydrogens (tertiary/aromatic N) is 2. The molecule has 0 aliphatic rings. The molecule has 0 atom stereocenters. The number of hydrogen-bond donors (Lipinski definition) is 1. The molecule has 2 heterocycles. The van der Waals surface area contributed by atoms with Crippen LogP contribution in [0.15, 0.2) is 5.51 Å². The molecule has 0 bridgehead atoms. The van der Waals surface area contributed by atoms with E-state index in [-0.39, 0.29) is 12.4 Å². The molecule has 3 nitrogen and oxygen atoms in total. The van der Waals surface area contributed by atoms with Gasteiger partial charge >= 0.3 is 0 Å². The van der Waals surface area contributed by atoms with Crippen LogP contribution in [-0.4, -0.2) is 9.97 Å². The van der Waals surface area contributed by atoms with Crippen molar-refractivity contribution in [1.29, 1.82) is 0 Å². The maximum absolute atomic E-state index is 5.41. The fourth-order valence-electron chi connectivity index (χ4n) is 0.596. The Balaban J connectivity index is 0.000000500. The van der Waals surface area contributed by atoms with Crippen LogP contribution in [0.1, 0.15) is 0 Å². The van der Waals surface area contributed by atoms with E-state index in [1.807, 2.05) is 0 Å². The monoisotopic (exact) mass is 193 g/mol. The van der Waals surface area contributed by atoms with Gasteiger partial charge in [0.2, 0.25) is 0 Å². The van der Waals surface area contributed by atoms with Crippen LogP contribution in [-0.2, 0) is 0 Å². The zero-order valence-electron chi connectivity index (χ0n) is 4.77. The van der Waals surface area contributed by atoms with Gasteiger partial charge in [0.25, 0.3) is 0 Å². The lowest BCUT2D eigenvalue weighted by atomic mass is 10.9. The highest BCUT2D eigenvalue weighted by Gasteiger charge is 2.00. The van der Waals surface area contributed by atoms with E-state index in [1.165, 1.54) is 22.7 Å². The molecule has 6 heteroatoms. The average Bonchev–Trinajstić information content (AvgIpc) is 2.22. The third-order valence-electron chi connectivity index (χ3n) is 0.930. The van der Waals surface area contributed by atoms with Crippen molar-refractivity contribution in [2.45, 2.75) is 0 Å². The topological polar surface area (TPSA) is 51.8 Å². The third kappa shape index (κ3) is 1.07. The molecule has 0 aliphatic carbocycles. The van der Waals surface area contributed by atoms with E-state index in [4.69, 9.17) is 5.73 Å². The number of hydrogen-bond acceptors (Lipinski definition) is 5. The quantitative estimate of drug-likeness (QED) is 0.694. The van der Waals surface area contributed by atoms with Crippen LogP contribution in [0.5, 0.6) is 0 Å². The molecule has 0 saturated carbocycles. The first-order valence-electron chi connectivity index (χ1n) is 2.32. The SMILES string of the molecule is Cl.Nc1nc2scnc2s1. The van der Waals surface area contributed by atoms with Gasteiger partial charge in [-0.15, -0.1) is 23.7 Å².